The highest BCUT2D eigenvalue weighted by Crippen LogP contribution is 2.35. The maximum Gasteiger partial charge on any atom is 0.0482 e. The normalized spacial score (nSPS) is 20.7. The van der Waals surface area contributed by atoms with E-state index in [9.17, 15) is 0 Å². The predicted octanol–water partition coefficient (Wildman–Crippen LogP) is 5.57. The summed E-state index contributed by atoms with van der Waals surface area (Å²) in [6.45, 7) is 5.11. The van der Waals surface area contributed by atoms with E-state index in [0.29, 0.717) is 0 Å². The van der Waals surface area contributed by atoms with Gasteiger partial charge in [0.05, 0.1) is 0 Å². The van der Waals surface area contributed by atoms with Crippen LogP contribution in [0, 0.1) is 0 Å². The van der Waals surface area contributed by atoms with Crippen molar-refractivity contribution in [3.63, 3.8) is 0 Å². The Kier molecular flexibility index (Phi) is 5.22. The zero-order valence-corrected chi connectivity index (χ0v) is 15.1. The number of rotatable bonds is 5. The summed E-state index contributed by atoms with van der Waals surface area (Å²) in [4.78, 5) is 2.68. The Morgan fingerprint density at radius 1 is 0.833 bits per heavy atom. The van der Waals surface area contributed by atoms with Crippen LogP contribution < -0.4 is 0 Å². The highest BCUT2D eigenvalue weighted by molar-refractivity contribution is 5.81. The minimum Gasteiger partial charge on any atom is -0.344 e. The van der Waals surface area contributed by atoms with E-state index in [-0.39, 0.29) is 0 Å². The maximum atomic E-state index is 2.68. The molecule has 0 radical (unpaired) electrons. The summed E-state index contributed by atoms with van der Waals surface area (Å²) < 4.78 is 2.66. The highest BCUT2D eigenvalue weighted by Gasteiger charge is 2.20. The fourth-order valence-electron chi connectivity index (χ4n) is 4.85. The van der Waals surface area contributed by atoms with Gasteiger partial charge in [-0.3, -0.25) is 0 Å². The average Bonchev–Trinajstić information content (AvgIpc) is 3.02. The molecule has 4 rings (SSSR count). The Balaban J connectivity index is 1.50. The number of aryl methyl sites for hydroxylation is 1. The van der Waals surface area contributed by atoms with E-state index in [0.717, 1.165) is 5.92 Å². The minimum atomic E-state index is 0.793. The number of aromatic nitrogens is 1. The van der Waals surface area contributed by atoms with Crippen LogP contribution in [0.15, 0.2) is 30.3 Å². The maximum absolute atomic E-state index is 2.68. The number of likely N-dealkylation sites (tertiary alicyclic amines) is 1. The Morgan fingerprint density at radius 3 is 2.42 bits per heavy atom. The predicted molar refractivity (Wildman–Crippen MR) is 103 cm³/mol. The van der Waals surface area contributed by atoms with Crippen molar-refractivity contribution in [1.82, 2.24) is 9.47 Å². The van der Waals surface area contributed by atoms with E-state index in [1.807, 2.05) is 0 Å². The first kappa shape index (κ1) is 16.2. The van der Waals surface area contributed by atoms with E-state index in [2.05, 4.69) is 39.8 Å². The summed E-state index contributed by atoms with van der Waals surface area (Å²) in [5.74, 6) is 0.793. The smallest absolute Gasteiger partial charge is 0.0482 e. The van der Waals surface area contributed by atoms with Crippen molar-refractivity contribution in [1.29, 1.82) is 0 Å². The molecule has 2 heterocycles. The number of hydrogen-bond donors (Lipinski definition) is 0. The van der Waals surface area contributed by atoms with Gasteiger partial charge in [-0.1, -0.05) is 43.9 Å². The first-order valence-electron chi connectivity index (χ1n) is 10.2. The lowest BCUT2D eigenvalue weighted by atomic mass is 9.87. The molecule has 24 heavy (non-hydrogen) atoms. The van der Waals surface area contributed by atoms with Crippen molar-refractivity contribution in [2.75, 3.05) is 19.6 Å². The molecule has 130 valence electrons. The van der Waals surface area contributed by atoms with E-state index in [1.165, 1.54) is 94.9 Å². The van der Waals surface area contributed by atoms with Gasteiger partial charge in [-0.25, -0.2) is 0 Å². The molecule has 0 spiro atoms. The van der Waals surface area contributed by atoms with Crippen LogP contribution in [0.5, 0.6) is 0 Å². The Hall–Kier alpha value is -1.28. The number of hydrogen-bond acceptors (Lipinski definition) is 1. The van der Waals surface area contributed by atoms with Gasteiger partial charge in [0, 0.05) is 17.8 Å². The van der Waals surface area contributed by atoms with Gasteiger partial charge in [0.2, 0.25) is 0 Å². The van der Waals surface area contributed by atoms with Crippen LogP contribution in [0.4, 0.5) is 0 Å². The van der Waals surface area contributed by atoms with Gasteiger partial charge < -0.3 is 9.47 Å². The van der Waals surface area contributed by atoms with Crippen molar-refractivity contribution >= 4 is 10.9 Å². The zero-order valence-electron chi connectivity index (χ0n) is 15.1. The lowest BCUT2D eigenvalue weighted by molar-refractivity contribution is 0.222. The van der Waals surface area contributed by atoms with Gasteiger partial charge in [-0.2, -0.15) is 0 Å². The summed E-state index contributed by atoms with van der Waals surface area (Å²) in [5.41, 5.74) is 3.08. The number of fused-ring (bicyclic) bond motifs is 1. The van der Waals surface area contributed by atoms with Crippen LogP contribution in [0.2, 0.25) is 0 Å². The molecule has 1 saturated heterocycles. The first-order chi connectivity index (χ1) is 11.9. The molecule has 0 bridgehead atoms. The largest absolute Gasteiger partial charge is 0.344 e. The molecular formula is C22H32N2. The standard InChI is InChI=1S/C22H32N2/c1-3-10-19(11-4-1)22-18-20-12-5-6-13-21(20)24(22)17-9-16-23-14-7-2-8-15-23/h5-6,12-13,18-19H,1-4,7-11,14-17H2. The van der Waals surface area contributed by atoms with Gasteiger partial charge in [0.15, 0.2) is 0 Å². The SMILES string of the molecule is c1ccc2c(c1)cc(C1CCCCC1)n2CCCN1CCCCC1. The van der Waals surface area contributed by atoms with Crippen LogP contribution >= 0.6 is 0 Å². The molecule has 1 aliphatic carbocycles. The number of benzene rings is 1. The molecule has 2 fully saturated rings. The Morgan fingerprint density at radius 2 is 1.58 bits per heavy atom. The molecule has 2 aromatic rings. The van der Waals surface area contributed by atoms with E-state index in [4.69, 9.17) is 0 Å². The van der Waals surface area contributed by atoms with E-state index in [1.54, 1.807) is 5.69 Å². The number of piperidine rings is 1. The third-order valence-corrected chi connectivity index (χ3v) is 6.17. The Labute approximate surface area is 146 Å². The van der Waals surface area contributed by atoms with Crippen molar-refractivity contribution in [2.45, 2.75) is 70.3 Å². The average molecular weight is 325 g/mol. The van der Waals surface area contributed by atoms with Crippen LogP contribution in [0.25, 0.3) is 10.9 Å². The molecule has 1 saturated carbocycles. The minimum absolute atomic E-state index is 0.793. The lowest BCUT2D eigenvalue weighted by Gasteiger charge is -2.27. The van der Waals surface area contributed by atoms with Crippen LogP contribution in [-0.4, -0.2) is 29.1 Å². The van der Waals surface area contributed by atoms with Crippen molar-refractivity contribution in [2.24, 2.45) is 0 Å². The summed E-state index contributed by atoms with van der Waals surface area (Å²) >= 11 is 0. The summed E-state index contributed by atoms with van der Waals surface area (Å²) in [6, 6.07) is 11.5. The second-order valence-electron chi connectivity index (χ2n) is 7.87. The number of para-hydroxylation sites is 1. The molecule has 0 amide bonds. The van der Waals surface area contributed by atoms with Gasteiger partial charge in [0.25, 0.3) is 0 Å². The summed E-state index contributed by atoms with van der Waals surface area (Å²) in [7, 11) is 0. The van der Waals surface area contributed by atoms with E-state index < -0.39 is 0 Å². The third kappa shape index (κ3) is 3.54. The molecule has 0 unspecified atom stereocenters. The number of nitrogens with zero attached hydrogens (tertiary/aromatic N) is 2. The van der Waals surface area contributed by atoms with E-state index >= 15 is 0 Å². The second-order valence-corrected chi connectivity index (χ2v) is 7.87. The molecule has 1 aliphatic heterocycles. The second kappa shape index (κ2) is 7.74. The molecule has 2 nitrogen and oxygen atoms in total. The molecular weight excluding hydrogens is 292 g/mol. The molecule has 2 aliphatic rings. The lowest BCUT2D eigenvalue weighted by Crippen LogP contribution is -2.31. The van der Waals surface area contributed by atoms with Crippen LogP contribution in [-0.2, 0) is 6.54 Å². The quantitative estimate of drug-likeness (QED) is 0.698. The molecule has 2 heteroatoms. The van der Waals surface area contributed by atoms with Gasteiger partial charge >= 0.3 is 0 Å². The molecule has 0 N–H and O–H groups in total. The third-order valence-electron chi connectivity index (χ3n) is 6.17. The fourth-order valence-corrected chi connectivity index (χ4v) is 4.85. The molecule has 0 atom stereocenters. The van der Waals surface area contributed by atoms with Gasteiger partial charge in [0.1, 0.15) is 0 Å². The van der Waals surface area contributed by atoms with Crippen molar-refractivity contribution < 1.29 is 0 Å². The fraction of sp³-hybridized carbons (Fsp3) is 0.636. The summed E-state index contributed by atoms with van der Waals surface area (Å²) in [5, 5.41) is 1.44. The van der Waals surface area contributed by atoms with Gasteiger partial charge in [-0.05, 0) is 75.2 Å². The van der Waals surface area contributed by atoms with Crippen molar-refractivity contribution in [3.8, 4) is 0 Å². The Bertz CT molecular complexity index is 645. The van der Waals surface area contributed by atoms with Crippen LogP contribution in [0.3, 0.4) is 0 Å². The molecule has 1 aromatic heterocycles. The first-order valence-corrected chi connectivity index (χ1v) is 10.2. The monoisotopic (exact) mass is 324 g/mol. The summed E-state index contributed by atoms with van der Waals surface area (Å²) in [6.07, 6.45) is 12.6. The molecule has 1 aromatic carbocycles. The van der Waals surface area contributed by atoms with Gasteiger partial charge in [-0.15, -0.1) is 0 Å². The van der Waals surface area contributed by atoms with Crippen molar-refractivity contribution in [3.05, 3.63) is 36.0 Å². The zero-order chi connectivity index (χ0) is 16.2. The highest BCUT2D eigenvalue weighted by atomic mass is 15.1. The topological polar surface area (TPSA) is 8.17 Å². The van der Waals surface area contributed by atoms with Crippen LogP contribution in [0.1, 0.15) is 69.4 Å².